The Balaban J connectivity index is 1.50. The lowest BCUT2D eigenvalue weighted by Gasteiger charge is -2.33. The minimum Gasteiger partial charge on any atom is -0.436 e. The number of halogens is 1. The molecule has 4 fully saturated rings. The fraction of sp³-hybridized carbons (Fsp3) is 0.941. The van der Waals surface area contributed by atoms with Gasteiger partial charge in [-0.2, -0.15) is 0 Å². The molecule has 0 aromatic heterocycles. The number of hydrogen-bond acceptors (Lipinski definition) is 3. The van der Waals surface area contributed by atoms with Gasteiger partial charge in [0, 0.05) is 5.41 Å². The molecular weight excluding hydrogens is 271 g/mol. The Labute approximate surface area is 126 Å². The number of rotatable bonds is 4. The number of carbonyl (C=O) groups is 1. The van der Waals surface area contributed by atoms with Crippen LogP contribution in [0.5, 0.6) is 0 Å². The van der Waals surface area contributed by atoms with Crippen LogP contribution in [-0.2, 0) is 14.3 Å². The van der Waals surface area contributed by atoms with E-state index in [2.05, 4.69) is 0 Å². The maximum atomic E-state index is 14.5. The predicted octanol–water partition coefficient (Wildman–Crippen LogP) is 3.71. The second-order valence-corrected chi connectivity index (χ2v) is 8.43. The van der Waals surface area contributed by atoms with Crippen molar-refractivity contribution in [2.75, 3.05) is 6.79 Å². The smallest absolute Gasteiger partial charge is 0.346 e. The standard InChI is InChI=1S/C17H27FO3/c1-16(2,3)17(4,18)15(19)21-9-20-14-12-6-10-5-11(8-12)13(14)7-10/h10-14H,5-9H2,1-4H3. The van der Waals surface area contributed by atoms with E-state index in [-0.39, 0.29) is 12.9 Å². The molecule has 6 atom stereocenters. The lowest BCUT2D eigenvalue weighted by molar-refractivity contribution is -0.185. The highest BCUT2D eigenvalue weighted by molar-refractivity contribution is 5.79. The molecule has 3 nitrogen and oxygen atoms in total. The molecule has 0 aromatic rings. The summed E-state index contributed by atoms with van der Waals surface area (Å²) in [4.78, 5) is 11.9. The highest BCUT2D eigenvalue weighted by atomic mass is 19.1. The van der Waals surface area contributed by atoms with E-state index in [1.165, 1.54) is 32.6 Å². The van der Waals surface area contributed by atoms with Crippen molar-refractivity contribution in [3.8, 4) is 0 Å². The van der Waals surface area contributed by atoms with Crippen molar-refractivity contribution >= 4 is 5.97 Å². The summed E-state index contributed by atoms with van der Waals surface area (Å²) in [6.45, 7) is 6.27. The first-order chi connectivity index (χ1) is 9.70. The number of ether oxygens (including phenoxy) is 2. The number of carbonyl (C=O) groups excluding carboxylic acids is 1. The fourth-order valence-corrected chi connectivity index (χ4v) is 4.54. The van der Waals surface area contributed by atoms with Crippen LogP contribution in [0.2, 0.25) is 0 Å². The number of hydrogen-bond donors (Lipinski definition) is 0. The Morgan fingerprint density at radius 1 is 1.10 bits per heavy atom. The van der Waals surface area contributed by atoms with Crippen LogP contribution >= 0.6 is 0 Å². The number of alkyl halides is 1. The molecule has 0 radical (unpaired) electrons. The maximum absolute atomic E-state index is 14.5. The van der Waals surface area contributed by atoms with Crippen LogP contribution in [-0.4, -0.2) is 24.5 Å². The van der Waals surface area contributed by atoms with E-state index in [0.29, 0.717) is 11.8 Å². The van der Waals surface area contributed by atoms with Gasteiger partial charge in [0.1, 0.15) is 0 Å². The van der Waals surface area contributed by atoms with E-state index in [0.717, 1.165) is 11.8 Å². The minimum atomic E-state index is -2.00. The van der Waals surface area contributed by atoms with E-state index < -0.39 is 17.1 Å². The molecular formula is C17H27FO3. The Kier molecular flexibility index (Phi) is 3.59. The molecule has 0 amide bonds. The third kappa shape index (κ3) is 2.49. The molecule has 4 aliphatic carbocycles. The summed E-state index contributed by atoms with van der Waals surface area (Å²) in [5.41, 5.74) is -2.78. The highest BCUT2D eigenvalue weighted by Crippen LogP contribution is 2.59. The monoisotopic (exact) mass is 298 g/mol. The zero-order valence-corrected chi connectivity index (χ0v) is 13.5. The molecule has 0 aliphatic heterocycles. The van der Waals surface area contributed by atoms with Gasteiger partial charge < -0.3 is 9.47 Å². The molecule has 4 bridgehead atoms. The van der Waals surface area contributed by atoms with Crippen molar-refractivity contribution in [1.29, 1.82) is 0 Å². The van der Waals surface area contributed by atoms with Gasteiger partial charge in [0.15, 0.2) is 6.79 Å². The molecule has 4 saturated carbocycles. The quantitative estimate of drug-likeness (QED) is 0.586. The molecule has 4 rings (SSSR count). The molecule has 6 unspecified atom stereocenters. The van der Waals surface area contributed by atoms with Crippen LogP contribution in [0.1, 0.15) is 53.4 Å². The van der Waals surface area contributed by atoms with Gasteiger partial charge in [-0.3, -0.25) is 0 Å². The van der Waals surface area contributed by atoms with Crippen molar-refractivity contribution < 1.29 is 18.7 Å². The van der Waals surface area contributed by atoms with Gasteiger partial charge in [-0.15, -0.1) is 0 Å². The van der Waals surface area contributed by atoms with Gasteiger partial charge >= 0.3 is 5.97 Å². The van der Waals surface area contributed by atoms with Crippen LogP contribution in [0.15, 0.2) is 0 Å². The summed E-state index contributed by atoms with van der Waals surface area (Å²) in [7, 11) is 0. The Morgan fingerprint density at radius 2 is 1.76 bits per heavy atom. The van der Waals surface area contributed by atoms with E-state index in [4.69, 9.17) is 9.47 Å². The van der Waals surface area contributed by atoms with Gasteiger partial charge in [0.05, 0.1) is 6.10 Å². The van der Waals surface area contributed by atoms with E-state index in [1.807, 2.05) is 0 Å². The molecule has 0 aromatic carbocycles. The van der Waals surface area contributed by atoms with Crippen molar-refractivity contribution in [2.24, 2.45) is 29.1 Å². The molecule has 4 aliphatic rings. The van der Waals surface area contributed by atoms with Gasteiger partial charge in [-0.25, -0.2) is 9.18 Å². The summed E-state index contributed by atoms with van der Waals surface area (Å²) < 4.78 is 25.4. The fourth-order valence-electron chi connectivity index (χ4n) is 4.54. The van der Waals surface area contributed by atoms with E-state index in [1.54, 1.807) is 20.8 Å². The number of esters is 1. The van der Waals surface area contributed by atoms with E-state index >= 15 is 0 Å². The topological polar surface area (TPSA) is 35.5 Å². The first-order valence-electron chi connectivity index (χ1n) is 8.18. The normalized spacial score (nSPS) is 40.3. The average molecular weight is 298 g/mol. The lowest BCUT2D eigenvalue weighted by atomic mass is 9.79. The largest absolute Gasteiger partial charge is 0.436 e. The van der Waals surface area contributed by atoms with Gasteiger partial charge in [0.25, 0.3) is 0 Å². The third-order valence-corrected chi connectivity index (χ3v) is 6.22. The SMILES string of the molecule is CC(C)(C)C(C)(F)C(=O)OCOC1C2CC3CC(C2)C1C3. The van der Waals surface area contributed by atoms with Crippen molar-refractivity contribution in [3.05, 3.63) is 0 Å². The Hall–Kier alpha value is -0.640. The van der Waals surface area contributed by atoms with Crippen LogP contribution in [0.25, 0.3) is 0 Å². The van der Waals surface area contributed by atoms with Crippen LogP contribution in [0.3, 0.4) is 0 Å². The van der Waals surface area contributed by atoms with Crippen molar-refractivity contribution in [1.82, 2.24) is 0 Å². The first-order valence-corrected chi connectivity index (χ1v) is 8.18. The highest BCUT2D eigenvalue weighted by Gasteiger charge is 2.54. The average Bonchev–Trinajstić information content (AvgIpc) is 2.78. The first kappa shape index (κ1) is 15.3. The molecule has 0 N–H and O–H groups in total. The van der Waals surface area contributed by atoms with Crippen LogP contribution < -0.4 is 0 Å². The lowest BCUT2D eigenvalue weighted by Crippen LogP contribution is -2.45. The van der Waals surface area contributed by atoms with Crippen LogP contribution in [0, 0.1) is 29.1 Å². The molecule has 4 heteroatoms. The summed E-state index contributed by atoms with van der Waals surface area (Å²) in [6, 6.07) is 0. The summed E-state index contributed by atoms with van der Waals surface area (Å²) in [5, 5.41) is 0. The molecule has 21 heavy (non-hydrogen) atoms. The van der Waals surface area contributed by atoms with Crippen molar-refractivity contribution in [2.45, 2.75) is 65.2 Å². The summed E-state index contributed by atoms with van der Waals surface area (Å²) in [5.74, 6) is 2.17. The van der Waals surface area contributed by atoms with Crippen molar-refractivity contribution in [3.63, 3.8) is 0 Å². The predicted molar refractivity (Wildman–Crippen MR) is 77.2 cm³/mol. The molecule has 0 heterocycles. The zero-order valence-electron chi connectivity index (χ0n) is 13.5. The molecule has 0 saturated heterocycles. The Bertz CT molecular complexity index is 422. The summed E-state index contributed by atoms with van der Waals surface area (Å²) >= 11 is 0. The van der Waals surface area contributed by atoms with E-state index in [9.17, 15) is 9.18 Å². The molecule has 0 spiro atoms. The molecule has 120 valence electrons. The van der Waals surface area contributed by atoms with Gasteiger partial charge in [-0.1, -0.05) is 20.8 Å². The minimum absolute atomic E-state index is 0.108. The van der Waals surface area contributed by atoms with Gasteiger partial charge in [0.2, 0.25) is 5.67 Å². The second kappa shape index (κ2) is 4.94. The third-order valence-electron chi connectivity index (χ3n) is 6.22. The zero-order chi connectivity index (χ0) is 15.4. The Morgan fingerprint density at radius 3 is 2.38 bits per heavy atom. The van der Waals surface area contributed by atoms with Gasteiger partial charge in [-0.05, 0) is 56.3 Å². The summed E-state index contributed by atoms with van der Waals surface area (Å²) in [6.07, 6.45) is 5.37. The maximum Gasteiger partial charge on any atom is 0.346 e. The van der Waals surface area contributed by atoms with Crippen LogP contribution in [0.4, 0.5) is 4.39 Å². The second-order valence-electron chi connectivity index (χ2n) is 8.43.